The average molecular weight is 293 g/mol. The van der Waals surface area contributed by atoms with Crippen LogP contribution >= 0.6 is 0 Å². The van der Waals surface area contributed by atoms with Crippen molar-refractivity contribution in [3.05, 3.63) is 29.8 Å². The number of fused-ring (bicyclic) bond motifs is 1. The summed E-state index contributed by atoms with van der Waals surface area (Å²) in [7, 11) is 0.681. The summed E-state index contributed by atoms with van der Waals surface area (Å²) < 4.78 is 26.5. The maximum atomic E-state index is 12.0. The summed E-state index contributed by atoms with van der Waals surface area (Å²) >= 11 is 0. The van der Waals surface area contributed by atoms with E-state index in [-0.39, 0.29) is 0 Å². The van der Waals surface area contributed by atoms with Crippen LogP contribution < -0.4 is 4.72 Å². The Morgan fingerprint density at radius 1 is 1.35 bits per heavy atom. The van der Waals surface area contributed by atoms with Crippen LogP contribution in [0.25, 0.3) is 0 Å². The molecule has 2 aliphatic rings. The predicted molar refractivity (Wildman–Crippen MR) is 78.4 cm³/mol. The quantitative estimate of drug-likeness (QED) is 0.903. The molecule has 108 valence electrons. The van der Waals surface area contributed by atoms with Gasteiger partial charge < -0.3 is 4.90 Å². The smallest absolute Gasteiger partial charge is 0.263 e. The summed E-state index contributed by atoms with van der Waals surface area (Å²) in [5, 5.41) is 0. The lowest BCUT2D eigenvalue weighted by Crippen LogP contribution is -2.34. The number of aliphatic imine (C=N–C) groups is 1. The number of benzene rings is 1. The third-order valence-corrected chi connectivity index (χ3v) is 5.33. The van der Waals surface area contributed by atoms with Gasteiger partial charge in [0, 0.05) is 11.6 Å². The Morgan fingerprint density at radius 3 is 2.70 bits per heavy atom. The Bertz CT molecular complexity index is 646. The molecule has 6 heteroatoms. The minimum atomic E-state index is -3.42. The normalized spacial score (nSPS) is 23.6. The van der Waals surface area contributed by atoms with Crippen molar-refractivity contribution < 1.29 is 8.42 Å². The summed E-state index contributed by atoms with van der Waals surface area (Å²) in [6.45, 7) is 0.629. The highest BCUT2D eigenvalue weighted by atomic mass is 32.2. The number of likely N-dealkylation sites (N-methyl/N-ethyl adjacent to an activating group) is 1. The van der Waals surface area contributed by atoms with E-state index >= 15 is 0 Å². The molecule has 0 amide bonds. The molecule has 20 heavy (non-hydrogen) atoms. The maximum Gasteiger partial charge on any atom is 0.263 e. The van der Waals surface area contributed by atoms with Gasteiger partial charge in [-0.1, -0.05) is 12.1 Å². The van der Waals surface area contributed by atoms with Crippen LogP contribution in [0.5, 0.6) is 0 Å². The van der Waals surface area contributed by atoms with E-state index in [4.69, 9.17) is 0 Å². The second-order valence-electron chi connectivity index (χ2n) is 5.66. The number of nitrogens with one attached hydrogen (secondary N) is 1. The molecule has 1 atom stereocenters. The van der Waals surface area contributed by atoms with Gasteiger partial charge in [0.15, 0.2) is 0 Å². The summed E-state index contributed by atoms with van der Waals surface area (Å²) in [6.07, 6.45) is 2.49. The standard InChI is InChI=1S/C14H19N3O2S/c1-17(2)12(10-7-8-10)9-15-14-11-5-3-4-6-13(11)20(18,19)16-14/h3-6,10,12H,7-9H2,1-2H3,(H,15,16). The molecule has 1 aromatic rings. The maximum absolute atomic E-state index is 12.0. The van der Waals surface area contributed by atoms with Crippen molar-refractivity contribution in [2.45, 2.75) is 23.8 Å². The fraction of sp³-hybridized carbons (Fsp3) is 0.500. The van der Waals surface area contributed by atoms with Crippen molar-refractivity contribution >= 4 is 15.9 Å². The monoisotopic (exact) mass is 293 g/mol. The molecule has 5 nitrogen and oxygen atoms in total. The number of sulfonamides is 1. The molecular formula is C14H19N3O2S. The van der Waals surface area contributed by atoms with E-state index in [0.29, 0.717) is 34.8 Å². The lowest BCUT2D eigenvalue weighted by Gasteiger charge is -2.22. The Kier molecular flexibility index (Phi) is 3.30. The van der Waals surface area contributed by atoms with E-state index in [0.717, 1.165) is 0 Å². The Hall–Kier alpha value is -1.40. The highest BCUT2D eigenvalue weighted by Crippen LogP contribution is 2.35. The first-order valence-electron chi connectivity index (χ1n) is 6.82. The summed E-state index contributed by atoms with van der Waals surface area (Å²) in [5.74, 6) is 1.18. The largest absolute Gasteiger partial charge is 0.304 e. The molecule has 3 rings (SSSR count). The number of rotatable bonds is 4. The van der Waals surface area contributed by atoms with E-state index < -0.39 is 10.0 Å². The van der Waals surface area contributed by atoms with Crippen molar-refractivity contribution in [3.63, 3.8) is 0 Å². The van der Waals surface area contributed by atoms with Gasteiger partial charge in [-0.15, -0.1) is 0 Å². The lowest BCUT2D eigenvalue weighted by molar-refractivity contribution is 0.271. The summed E-state index contributed by atoms with van der Waals surface area (Å²) in [6, 6.07) is 7.37. The Morgan fingerprint density at radius 2 is 2.05 bits per heavy atom. The predicted octanol–water partition coefficient (Wildman–Crippen LogP) is 1.07. The molecule has 1 unspecified atom stereocenters. The van der Waals surface area contributed by atoms with Crippen molar-refractivity contribution in [2.75, 3.05) is 20.6 Å². The number of hydrogen-bond donors (Lipinski definition) is 1. The Balaban J connectivity index is 1.86. The molecule has 1 aromatic carbocycles. The second-order valence-corrected chi connectivity index (χ2v) is 7.31. The summed E-state index contributed by atoms with van der Waals surface area (Å²) in [4.78, 5) is 7.03. The number of hydrogen-bond acceptors (Lipinski definition) is 4. The number of nitrogens with zero attached hydrogens (tertiary/aromatic N) is 2. The fourth-order valence-corrected chi connectivity index (χ4v) is 3.90. The van der Waals surface area contributed by atoms with Crippen LogP contribution in [0.15, 0.2) is 34.2 Å². The third kappa shape index (κ3) is 2.45. The molecule has 1 heterocycles. The molecule has 1 saturated carbocycles. The van der Waals surface area contributed by atoms with Crippen molar-refractivity contribution in [1.82, 2.24) is 9.62 Å². The minimum absolute atomic E-state index is 0.326. The third-order valence-electron chi connectivity index (χ3n) is 3.93. The molecule has 0 saturated heterocycles. The van der Waals surface area contributed by atoms with Crippen LogP contribution in [-0.2, 0) is 10.0 Å². The molecule has 0 bridgehead atoms. The first kappa shape index (κ1) is 13.6. The minimum Gasteiger partial charge on any atom is -0.304 e. The van der Waals surface area contributed by atoms with Crippen LogP contribution in [0.3, 0.4) is 0 Å². The highest BCUT2D eigenvalue weighted by Gasteiger charge is 2.34. The van der Waals surface area contributed by atoms with Gasteiger partial charge in [-0.25, -0.2) is 8.42 Å². The molecule has 1 fully saturated rings. The van der Waals surface area contributed by atoms with Crippen LogP contribution in [0.1, 0.15) is 18.4 Å². The van der Waals surface area contributed by atoms with Gasteiger partial charge in [-0.2, -0.15) is 0 Å². The van der Waals surface area contributed by atoms with Crippen LogP contribution in [0.2, 0.25) is 0 Å². The first-order valence-corrected chi connectivity index (χ1v) is 8.30. The molecular weight excluding hydrogens is 274 g/mol. The molecule has 1 aliphatic heterocycles. The van der Waals surface area contributed by atoms with Gasteiger partial charge in [0.1, 0.15) is 5.84 Å². The van der Waals surface area contributed by atoms with Gasteiger partial charge in [0.2, 0.25) is 0 Å². The first-order chi connectivity index (χ1) is 9.49. The van der Waals surface area contributed by atoms with E-state index in [1.807, 2.05) is 6.07 Å². The second kappa shape index (κ2) is 4.86. The summed E-state index contributed by atoms with van der Waals surface area (Å²) in [5.41, 5.74) is 0.681. The van der Waals surface area contributed by atoms with E-state index in [9.17, 15) is 8.42 Å². The topological polar surface area (TPSA) is 61.8 Å². The van der Waals surface area contributed by atoms with E-state index in [1.165, 1.54) is 12.8 Å². The Labute approximate surface area is 119 Å². The highest BCUT2D eigenvalue weighted by molar-refractivity contribution is 7.90. The van der Waals surface area contributed by atoms with Crippen molar-refractivity contribution in [2.24, 2.45) is 10.9 Å². The van der Waals surface area contributed by atoms with E-state index in [2.05, 4.69) is 28.7 Å². The van der Waals surface area contributed by atoms with Gasteiger partial charge in [0.05, 0.1) is 11.4 Å². The zero-order chi connectivity index (χ0) is 14.3. The molecule has 1 N–H and O–H groups in total. The van der Waals surface area contributed by atoms with Gasteiger partial charge in [-0.3, -0.25) is 9.71 Å². The van der Waals surface area contributed by atoms with Crippen molar-refractivity contribution in [3.8, 4) is 0 Å². The van der Waals surface area contributed by atoms with Crippen LogP contribution in [-0.4, -0.2) is 45.8 Å². The van der Waals surface area contributed by atoms with Gasteiger partial charge in [0.25, 0.3) is 10.0 Å². The van der Waals surface area contributed by atoms with Crippen LogP contribution in [0, 0.1) is 5.92 Å². The molecule has 0 spiro atoms. The van der Waals surface area contributed by atoms with Crippen molar-refractivity contribution in [1.29, 1.82) is 0 Å². The van der Waals surface area contributed by atoms with Crippen LogP contribution in [0.4, 0.5) is 0 Å². The fourth-order valence-electron chi connectivity index (χ4n) is 2.65. The van der Waals surface area contributed by atoms with Gasteiger partial charge in [-0.05, 0) is 45.0 Å². The SMILES string of the molecule is CN(C)C(CN=C1NS(=O)(=O)c2ccccc21)C1CC1. The average Bonchev–Trinajstić information content (AvgIpc) is 3.18. The molecule has 0 aromatic heterocycles. The zero-order valence-electron chi connectivity index (χ0n) is 11.7. The molecule has 0 radical (unpaired) electrons. The lowest BCUT2D eigenvalue weighted by atomic mass is 10.1. The van der Waals surface area contributed by atoms with Gasteiger partial charge >= 0.3 is 0 Å². The molecule has 1 aliphatic carbocycles. The zero-order valence-corrected chi connectivity index (χ0v) is 12.5. The number of amidine groups is 1. The van der Waals surface area contributed by atoms with E-state index in [1.54, 1.807) is 18.2 Å².